The van der Waals surface area contributed by atoms with Gasteiger partial charge in [0.2, 0.25) is 5.91 Å². The van der Waals surface area contributed by atoms with Crippen molar-refractivity contribution < 1.29 is 9.18 Å². The second-order valence-corrected chi connectivity index (χ2v) is 5.70. The van der Waals surface area contributed by atoms with Crippen LogP contribution in [0.25, 0.3) is 10.6 Å². The molecule has 1 aromatic carbocycles. The minimum Gasteiger partial charge on any atom is -0.324 e. The van der Waals surface area contributed by atoms with Gasteiger partial charge in [0.25, 0.3) is 5.56 Å². The van der Waals surface area contributed by atoms with Crippen LogP contribution in [-0.4, -0.2) is 15.7 Å². The van der Waals surface area contributed by atoms with Gasteiger partial charge in [0.15, 0.2) is 0 Å². The number of hydrogen-bond acceptors (Lipinski definition) is 4. The van der Waals surface area contributed by atoms with Crippen molar-refractivity contribution in [3.8, 4) is 10.6 Å². The lowest BCUT2D eigenvalue weighted by molar-refractivity contribution is -0.117. The first-order valence-corrected chi connectivity index (χ1v) is 7.67. The first-order chi connectivity index (χ1) is 11.1. The molecule has 0 bridgehead atoms. The van der Waals surface area contributed by atoms with Gasteiger partial charge in [-0.3, -0.25) is 9.59 Å². The quantitative estimate of drug-likeness (QED) is 0.800. The van der Waals surface area contributed by atoms with E-state index in [1.807, 2.05) is 17.5 Å². The highest BCUT2D eigenvalue weighted by Crippen LogP contribution is 2.21. The number of nitrogens with one attached hydrogen (secondary N) is 1. The van der Waals surface area contributed by atoms with Gasteiger partial charge in [-0.25, -0.2) is 9.07 Å². The highest BCUT2D eigenvalue weighted by Gasteiger charge is 2.09. The maximum absolute atomic E-state index is 13.1. The lowest BCUT2D eigenvalue weighted by Gasteiger charge is -2.07. The van der Waals surface area contributed by atoms with Crippen LogP contribution >= 0.6 is 11.3 Å². The summed E-state index contributed by atoms with van der Waals surface area (Å²) in [5.74, 6) is -0.897. The van der Waals surface area contributed by atoms with Crippen LogP contribution in [0.5, 0.6) is 0 Å². The Morgan fingerprint density at radius 3 is 2.83 bits per heavy atom. The molecule has 0 spiro atoms. The topological polar surface area (TPSA) is 64.0 Å². The van der Waals surface area contributed by atoms with Crippen LogP contribution in [0.3, 0.4) is 0 Å². The van der Waals surface area contributed by atoms with E-state index in [9.17, 15) is 14.0 Å². The van der Waals surface area contributed by atoms with Crippen molar-refractivity contribution in [2.75, 3.05) is 5.32 Å². The van der Waals surface area contributed by atoms with Gasteiger partial charge in [0, 0.05) is 11.8 Å². The smallest absolute Gasteiger partial charge is 0.267 e. The summed E-state index contributed by atoms with van der Waals surface area (Å²) in [5, 5.41) is 8.64. The highest BCUT2D eigenvalue weighted by molar-refractivity contribution is 7.13. The Labute approximate surface area is 135 Å². The predicted octanol–water partition coefficient (Wildman–Crippen LogP) is 2.75. The summed E-state index contributed by atoms with van der Waals surface area (Å²) in [6, 6.07) is 12.3. The number of amides is 1. The Balaban J connectivity index is 1.78. The normalized spacial score (nSPS) is 10.5. The molecule has 5 nitrogen and oxygen atoms in total. The zero-order valence-electron chi connectivity index (χ0n) is 11.9. The molecule has 7 heteroatoms. The van der Waals surface area contributed by atoms with Crippen molar-refractivity contribution in [1.29, 1.82) is 0 Å². The first-order valence-electron chi connectivity index (χ1n) is 6.79. The van der Waals surface area contributed by atoms with Gasteiger partial charge in [0.1, 0.15) is 18.1 Å². The fourth-order valence-corrected chi connectivity index (χ4v) is 2.71. The summed E-state index contributed by atoms with van der Waals surface area (Å²) in [6.45, 7) is -0.242. The number of thiophene rings is 1. The van der Waals surface area contributed by atoms with Crippen LogP contribution < -0.4 is 10.9 Å². The molecule has 2 aromatic heterocycles. The third kappa shape index (κ3) is 3.70. The SMILES string of the molecule is O=C(Cn1nc(-c2cccs2)ccc1=O)Nc1cccc(F)c1. The number of halogens is 1. The largest absolute Gasteiger partial charge is 0.324 e. The summed E-state index contributed by atoms with van der Waals surface area (Å²) < 4.78 is 14.2. The maximum atomic E-state index is 13.1. The molecule has 0 aliphatic carbocycles. The molecule has 3 rings (SSSR count). The molecule has 2 heterocycles. The zero-order chi connectivity index (χ0) is 16.2. The van der Waals surface area contributed by atoms with Crippen LogP contribution in [0.2, 0.25) is 0 Å². The number of aromatic nitrogens is 2. The summed E-state index contributed by atoms with van der Waals surface area (Å²) >= 11 is 1.49. The Kier molecular flexibility index (Phi) is 4.29. The zero-order valence-corrected chi connectivity index (χ0v) is 12.7. The van der Waals surface area contributed by atoms with Crippen LogP contribution in [0.1, 0.15) is 0 Å². The van der Waals surface area contributed by atoms with Gasteiger partial charge in [0.05, 0.1) is 4.88 Å². The van der Waals surface area contributed by atoms with Crippen LogP contribution in [0.15, 0.2) is 58.7 Å². The molecule has 3 aromatic rings. The molecular formula is C16H12FN3O2S. The fourth-order valence-electron chi connectivity index (χ4n) is 2.02. The van der Waals surface area contributed by atoms with Crippen LogP contribution in [0.4, 0.5) is 10.1 Å². The molecule has 116 valence electrons. The van der Waals surface area contributed by atoms with Crippen molar-refractivity contribution in [1.82, 2.24) is 9.78 Å². The van der Waals surface area contributed by atoms with Gasteiger partial charge < -0.3 is 5.32 Å². The van der Waals surface area contributed by atoms with E-state index in [0.29, 0.717) is 11.4 Å². The number of carbonyl (C=O) groups is 1. The molecule has 0 saturated heterocycles. The van der Waals surface area contributed by atoms with Gasteiger partial charge in [-0.2, -0.15) is 5.10 Å². The van der Waals surface area contributed by atoms with Gasteiger partial charge in [-0.1, -0.05) is 12.1 Å². The van der Waals surface area contributed by atoms with E-state index < -0.39 is 11.7 Å². The monoisotopic (exact) mass is 329 g/mol. The number of benzene rings is 1. The Morgan fingerprint density at radius 1 is 1.22 bits per heavy atom. The van der Waals surface area contributed by atoms with Crippen LogP contribution in [0, 0.1) is 5.82 Å². The van der Waals surface area contributed by atoms with Gasteiger partial charge >= 0.3 is 0 Å². The Morgan fingerprint density at radius 2 is 2.09 bits per heavy atom. The molecule has 0 saturated carbocycles. The van der Waals surface area contributed by atoms with E-state index in [0.717, 1.165) is 9.56 Å². The average molecular weight is 329 g/mol. The van der Waals surface area contributed by atoms with Crippen molar-refractivity contribution in [2.24, 2.45) is 0 Å². The van der Waals surface area contributed by atoms with E-state index in [2.05, 4.69) is 10.4 Å². The number of rotatable bonds is 4. The standard InChI is InChI=1S/C16H12FN3O2S/c17-11-3-1-4-12(9-11)18-15(21)10-20-16(22)7-6-13(19-20)14-5-2-8-23-14/h1-9H,10H2,(H,18,21). The minimum atomic E-state index is -0.450. The third-order valence-corrected chi connectivity index (χ3v) is 3.93. The number of nitrogens with zero attached hydrogens (tertiary/aromatic N) is 2. The van der Waals surface area contributed by atoms with E-state index in [-0.39, 0.29) is 12.1 Å². The minimum absolute atomic E-state index is 0.242. The number of hydrogen-bond donors (Lipinski definition) is 1. The highest BCUT2D eigenvalue weighted by atomic mass is 32.1. The van der Waals surface area contributed by atoms with Gasteiger partial charge in [-0.15, -0.1) is 11.3 Å². The predicted molar refractivity (Wildman–Crippen MR) is 86.8 cm³/mol. The van der Waals surface area contributed by atoms with Crippen LogP contribution in [-0.2, 0) is 11.3 Å². The van der Waals surface area contributed by atoms with Crippen molar-refractivity contribution in [3.05, 3.63) is 70.1 Å². The van der Waals surface area contributed by atoms with Gasteiger partial charge in [-0.05, 0) is 35.7 Å². The van der Waals surface area contributed by atoms with Crippen molar-refractivity contribution >= 4 is 22.9 Å². The first kappa shape index (κ1) is 15.1. The summed E-state index contributed by atoms with van der Waals surface area (Å²) in [5.41, 5.74) is 0.579. The molecule has 1 N–H and O–H groups in total. The molecule has 0 atom stereocenters. The molecular weight excluding hydrogens is 317 g/mol. The Bertz CT molecular complexity index is 890. The molecule has 0 aliphatic heterocycles. The molecule has 0 fully saturated rings. The number of anilines is 1. The van der Waals surface area contributed by atoms with E-state index in [1.54, 1.807) is 12.1 Å². The average Bonchev–Trinajstić information content (AvgIpc) is 3.04. The molecule has 0 radical (unpaired) electrons. The number of carbonyl (C=O) groups excluding carboxylic acids is 1. The van der Waals surface area contributed by atoms with Crippen molar-refractivity contribution in [3.63, 3.8) is 0 Å². The van der Waals surface area contributed by atoms with E-state index in [1.165, 1.54) is 35.6 Å². The molecule has 0 aliphatic rings. The van der Waals surface area contributed by atoms with E-state index in [4.69, 9.17) is 0 Å². The molecule has 23 heavy (non-hydrogen) atoms. The maximum Gasteiger partial charge on any atom is 0.267 e. The second kappa shape index (κ2) is 6.53. The lowest BCUT2D eigenvalue weighted by atomic mass is 10.3. The second-order valence-electron chi connectivity index (χ2n) is 4.75. The lowest BCUT2D eigenvalue weighted by Crippen LogP contribution is -2.29. The third-order valence-electron chi connectivity index (χ3n) is 3.04. The van der Waals surface area contributed by atoms with Crippen molar-refractivity contribution in [2.45, 2.75) is 6.54 Å². The summed E-state index contributed by atoms with van der Waals surface area (Å²) in [6.07, 6.45) is 0. The van der Waals surface area contributed by atoms with E-state index >= 15 is 0 Å². The summed E-state index contributed by atoms with van der Waals surface area (Å²) in [7, 11) is 0. The Hall–Kier alpha value is -2.80. The molecule has 1 amide bonds. The fraction of sp³-hybridized carbons (Fsp3) is 0.0625. The summed E-state index contributed by atoms with van der Waals surface area (Å²) in [4.78, 5) is 24.8. The molecule has 0 unspecified atom stereocenters.